The third-order valence-electron chi connectivity index (χ3n) is 2.92. The molecule has 110 valence electrons. The third-order valence-corrected chi connectivity index (χ3v) is 2.92. The Morgan fingerprint density at radius 2 is 1.81 bits per heavy atom. The minimum absolute atomic E-state index is 0.0254. The second-order valence-corrected chi connectivity index (χ2v) is 4.98. The lowest BCUT2D eigenvalue weighted by atomic mass is 10.2. The number of anilines is 1. The maximum atomic E-state index is 5.88. The van der Waals surface area contributed by atoms with E-state index in [2.05, 4.69) is 10.3 Å². The number of nitrogens with zero attached hydrogens (tertiary/aromatic N) is 1. The minimum Gasteiger partial charge on any atom is -0.491 e. The van der Waals surface area contributed by atoms with Crippen LogP contribution in [0.15, 0.2) is 59.6 Å². The smallest absolute Gasteiger partial charge is 0.193 e. The van der Waals surface area contributed by atoms with Crippen molar-refractivity contribution >= 4 is 11.6 Å². The molecular formula is C17H21N3O. The molecule has 0 fully saturated rings. The van der Waals surface area contributed by atoms with Crippen LogP contribution in [0.1, 0.15) is 12.5 Å². The zero-order chi connectivity index (χ0) is 15.1. The molecule has 4 nitrogen and oxygen atoms in total. The number of ether oxygens (including phenoxy) is 1. The molecule has 0 aliphatic rings. The van der Waals surface area contributed by atoms with Crippen LogP contribution in [0, 0.1) is 6.92 Å². The molecular weight excluding hydrogens is 262 g/mol. The van der Waals surface area contributed by atoms with E-state index < -0.39 is 0 Å². The van der Waals surface area contributed by atoms with Crippen molar-refractivity contribution in [3.8, 4) is 5.75 Å². The molecule has 21 heavy (non-hydrogen) atoms. The summed E-state index contributed by atoms with van der Waals surface area (Å²) < 4.78 is 5.68. The summed E-state index contributed by atoms with van der Waals surface area (Å²) in [4.78, 5) is 4.36. The number of para-hydroxylation sites is 1. The van der Waals surface area contributed by atoms with Crippen LogP contribution in [0.2, 0.25) is 0 Å². The Balaban J connectivity index is 1.84. The normalized spacial score (nSPS) is 12.8. The molecule has 0 saturated heterocycles. The van der Waals surface area contributed by atoms with E-state index in [0.717, 1.165) is 11.4 Å². The molecule has 0 saturated carbocycles. The van der Waals surface area contributed by atoms with Gasteiger partial charge in [-0.15, -0.1) is 0 Å². The first-order chi connectivity index (χ1) is 10.1. The van der Waals surface area contributed by atoms with Gasteiger partial charge >= 0.3 is 0 Å². The van der Waals surface area contributed by atoms with Crippen molar-refractivity contribution < 1.29 is 4.74 Å². The molecule has 0 aliphatic heterocycles. The van der Waals surface area contributed by atoms with Gasteiger partial charge in [0.05, 0.1) is 6.04 Å². The van der Waals surface area contributed by atoms with E-state index in [9.17, 15) is 0 Å². The highest BCUT2D eigenvalue weighted by molar-refractivity contribution is 5.92. The van der Waals surface area contributed by atoms with E-state index in [4.69, 9.17) is 10.5 Å². The summed E-state index contributed by atoms with van der Waals surface area (Å²) in [5.41, 5.74) is 8.01. The Kier molecular flexibility index (Phi) is 5.21. The summed E-state index contributed by atoms with van der Waals surface area (Å²) in [6.45, 7) is 4.50. The van der Waals surface area contributed by atoms with Gasteiger partial charge in [-0.25, -0.2) is 4.99 Å². The van der Waals surface area contributed by atoms with Crippen LogP contribution in [-0.2, 0) is 0 Å². The molecule has 3 N–H and O–H groups in total. The number of benzene rings is 2. The summed E-state index contributed by atoms with van der Waals surface area (Å²) in [7, 11) is 0. The topological polar surface area (TPSA) is 59.6 Å². The highest BCUT2D eigenvalue weighted by atomic mass is 16.5. The lowest BCUT2D eigenvalue weighted by molar-refractivity contribution is 0.297. The van der Waals surface area contributed by atoms with E-state index in [1.165, 1.54) is 5.56 Å². The van der Waals surface area contributed by atoms with E-state index in [1.807, 2.05) is 68.4 Å². The van der Waals surface area contributed by atoms with Crippen molar-refractivity contribution in [1.82, 2.24) is 0 Å². The molecule has 0 radical (unpaired) electrons. The molecule has 0 aliphatic carbocycles. The fraction of sp³-hybridized carbons (Fsp3) is 0.235. The molecule has 2 aromatic carbocycles. The molecule has 0 heterocycles. The standard InChI is InChI=1S/C17H21N3O/c1-13-8-10-16(11-9-13)21-12-14(2)19-17(18)20-15-6-4-3-5-7-15/h3-11,14H,12H2,1-2H3,(H3,18,19,20). The van der Waals surface area contributed by atoms with Crippen molar-refractivity contribution in [2.75, 3.05) is 11.9 Å². The number of hydrogen-bond donors (Lipinski definition) is 2. The Morgan fingerprint density at radius 3 is 2.48 bits per heavy atom. The molecule has 1 atom stereocenters. The van der Waals surface area contributed by atoms with Gasteiger partial charge in [0.1, 0.15) is 12.4 Å². The summed E-state index contributed by atoms with van der Waals surface area (Å²) in [6.07, 6.45) is 0. The Hall–Kier alpha value is -2.49. The molecule has 1 unspecified atom stereocenters. The van der Waals surface area contributed by atoms with E-state index in [0.29, 0.717) is 12.6 Å². The first kappa shape index (κ1) is 14.9. The number of hydrogen-bond acceptors (Lipinski definition) is 2. The van der Waals surface area contributed by atoms with Gasteiger partial charge < -0.3 is 15.8 Å². The predicted octanol–water partition coefficient (Wildman–Crippen LogP) is 3.19. The Morgan fingerprint density at radius 1 is 1.14 bits per heavy atom. The van der Waals surface area contributed by atoms with E-state index in [-0.39, 0.29) is 6.04 Å². The zero-order valence-corrected chi connectivity index (χ0v) is 12.4. The van der Waals surface area contributed by atoms with Gasteiger partial charge in [-0.2, -0.15) is 0 Å². The van der Waals surface area contributed by atoms with Crippen molar-refractivity contribution in [2.45, 2.75) is 19.9 Å². The summed E-state index contributed by atoms with van der Waals surface area (Å²) in [6, 6.07) is 17.7. The fourth-order valence-electron chi connectivity index (χ4n) is 1.83. The van der Waals surface area contributed by atoms with Crippen molar-refractivity contribution in [3.63, 3.8) is 0 Å². The van der Waals surface area contributed by atoms with Crippen molar-refractivity contribution in [1.29, 1.82) is 0 Å². The summed E-state index contributed by atoms with van der Waals surface area (Å²) in [5.74, 6) is 1.23. The first-order valence-electron chi connectivity index (χ1n) is 6.98. The SMILES string of the molecule is Cc1ccc(OCC(C)N=C(N)Nc2ccccc2)cc1. The molecule has 2 aromatic rings. The first-order valence-corrected chi connectivity index (χ1v) is 6.98. The highest BCUT2D eigenvalue weighted by Gasteiger charge is 2.03. The average Bonchev–Trinajstić information content (AvgIpc) is 2.47. The van der Waals surface area contributed by atoms with Crippen LogP contribution >= 0.6 is 0 Å². The van der Waals surface area contributed by atoms with Crippen molar-refractivity contribution in [2.24, 2.45) is 10.7 Å². The van der Waals surface area contributed by atoms with Crippen LogP contribution in [0.4, 0.5) is 5.69 Å². The van der Waals surface area contributed by atoms with Crippen LogP contribution < -0.4 is 15.8 Å². The number of nitrogens with two attached hydrogens (primary N) is 1. The maximum Gasteiger partial charge on any atom is 0.193 e. The Bertz CT molecular complexity index is 579. The van der Waals surface area contributed by atoms with Gasteiger partial charge in [0.25, 0.3) is 0 Å². The van der Waals surface area contributed by atoms with Crippen LogP contribution in [0.3, 0.4) is 0 Å². The third kappa shape index (κ3) is 5.18. The van der Waals surface area contributed by atoms with Gasteiger partial charge in [0.15, 0.2) is 5.96 Å². The van der Waals surface area contributed by atoms with Gasteiger partial charge in [0, 0.05) is 5.69 Å². The zero-order valence-electron chi connectivity index (χ0n) is 12.4. The number of aliphatic imine (C=N–C) groups is 1. The number of guanidine groups is 1. The van der Waals surface area contributed by atoms with Gasteiger partial charge in [-0.3, -0.25) is 0 Å². The monoisotopic (exact) mass is 283 g/mol. The van der Waals surface area contributed by atoms with Crippen LogP contribution in [0.5, 0.6) is 5.75 Å². The molecule has 0 spiro atoms. The van der Waals surface area contributed by atoms with Crippen LogP contribution in [0.25, 0.3) is 0 Å². The van der Waals surface area contributed by atoms with Gasteiger partial charge in [-0.05, 0) is 38.1 Å². The second-order valence-electron chi connectivity index (χ2n) is 4.98. The highest BCUT2D eigenvalue weighted by Crippen LogP contribution is 2.12. The number of nitrogens with one attached hydrogen (secondary N) is 1. The second kappa shape index (κ2) is 7.33. The van der Waals surface area contributed by atoms with Gasteiger partial charge in [-0.1, -0.05) is 35.9 Å². The minimum atomic E-state index is -0.0254. The van der Waals surface area contributed by atoms with E-state index in [1.54, 1.807) is 0 Å². The molecule has 0 amide bonds. The van der Waals surface area contributed by atoms with E-state index >= 15 is 0 Å². The quantitative estimate of drug-likeness (QED) is 0.654. The van der Waals surface area contributed by atoms with Crippen molar-refractivity contribution in [3.05, 3.63) is 60.2 Å². The molecule has 4 heteroatoms. The molecule has 2 rings (SSSR count). The van der Waals surface area contributed by atoms with Gasteiger partial charge in [0.2, 0.25) is 0 Å². The summed E-state index contributed by atoms with van der Waals surface area (Å²) in [5, 5.41) is 3.05. The average molecular weight is 283 g/mol. The molecule has 0 bridgehead atoms. The number of rotatable bonds is 5. The molecule has 0 aromatic heterocycles. The Labute approximate surface area is 125 Å². The lowest BCUT2D eigenvalue weighted by Gasteiger charge is -2.11. The number of aryl methyl sites for hydroxylation is 1. The predicted molar refractivity (Wildman–Crippen MR) is 87.8 cm³/mol. The lowest BCUT2D eigenvalue weighted by Crippen LogP contribution is -2.26. The summed E-state index contributed by atoms with van der Waals surface area (Å²) >= 11 is 0. The largest absolute Gasteiger partial charge is 0.491 e. The van der Waals surface area contributed by atoms with Crippen LogP contribution in [-0.4, -0.2) is 18.6 Å². The fourth-order valence-corrected chi connectivity index (χ4v) is 1.83. The maximum absolute atomic E-state index is 5.88.